The molecule has 3 rings (SSSR count). The molecular formula is C14H16N2O. The van der Waals surface area contributed by atoms with E-state index in [2.05, 4.69) is 12.0 Å². The standard InChI is InChI=1S/C14H16N2O/c1-14(8-9-14)13(17)12-7-10-15-16(12)11-5-3-2-4-6-11/h2-7,10,13,17H,8-9H2,1H3. The lowest BCUT2D eigenvalue weighted by molar-refractivity contribution is 0.0968. The highest BCUT2D eigenvalue weighted by molar-refractivity contribution is 5.33. The Morgan fingerprint density at radius 2 is 1.94 bits per heavy atom. The van der Waals surface area contributed by atoms with Crippen LogP contribution in [0.4, 0.5) is 0 Å². The predicted molar refractivity (Wildman–Crippen MR) is 65.9 cm³/mol. The maximum absolute atomic E-state index is 10.4. The molecule has 3 heteroatoms. The lowest BCUT2D eigenvalue weighted by Crippen LogP contribution is -2.14. The summed E-state index contributed by atoms with van der Waals surface area (Å²) in [6, 6.07) is 11.8. The molecule has 0 bridgehead atoms. The van der Waals surface area contributed by atoms with E-state index in [0.29, 0.717) is 0 Å². The molecule has 0 amide bonds. The average molecular weight is 228 g/mol. The summed E-state index contributed by atoms with van der Waals surface area (Å²) in [6.07, 6.45) is 3.50. The molecule has 1 heterocycles. The number of benzene rings is 1. The van der Waals surface area contributed by atoms with E-state index >= 15 is 0 Å². The minimum Gasteiger partial charge on any atom is -0.386 e. The van der Waals surface area contributed by atoms with Crippen molar-refractivity contribution in [3.05, 3.63) is 48.3 Å². The maximum atomic E-state index is 10.4. The van der Waals surface area contributed by atoms with Crippen molar-refractivity contribution in [2.45, 2.75) is 25.9 Å². The number of para-hydroxylation sites is 1. The summed E-state index contributed by atoms with van der Waals surface area (Å²) in [4.78, 5) is 0. The number of hydrogen-bond acceptors (Lipinski definition) is 2. The average Bonchev–Trinajstić information content (AvgIpc) is 2.95. The highest BCUT2D eigenvalue weighted by atomic mass is 16.3. The van der Waals surface area contributed by atoms with Gasteiger partial charge in [-0.2, -0.15) is 5.10 Å². The molecular weight excluding hydrogens is 212 g/mol. The molecule has 1 aromatic carbocycles. The van der Waals surface area contributed by atoms with Gasteiger partial charge in [0.25, 0.3) is 0 Å². The number of aliphatic hydroxyl groups excluding tert-OH is 1. The number of aromatic nitrogens is 2. The zero-order valence-corrected chi connectivity index (χ0v) is 9.87. The van der Waals surface area contributed by atoms with Gasteiger partial charge in [-0.1, -0.05) is 25.1 Å². The van der Waals surface area contributed by atoms with E-state index in [9.17, 15) is 5.11 Å². The molecule has 1 fully saturated rings. The fourth-order valence-electron chi connectivity index (χ4n) is 2.13. The van der Waals surface area contributed by atoms with Crippen molar-refractivity contribution >= 4 is 0 Å². The van der Waals surface area contributed by atoms with E-state index < -0.39 is 6.10 Å². The highest BCUT2D eigenvalue weighted by Gasteiger charge is 2.46. The number of aliphatic hydroxyl groups is 1. The van der Waals surface area contributed by atoms with E-state index in [1.165, 1.54) is 0 Å². The Morgan fingerprint density at radius 3 is 2.59 bits per heavy atom. The summed E-state index contributed by atoms with van der Waals surface area (Å²) >= 11 is 0. The summed E-state index contributed by atoms with van der Waals surface area (Å²) < 4.78 is 1.83. The molecule has 1 aliphatic carbocycles. The first-order chi connectivity index (χ1) is 8.21. The van der Waals surface area contributed by atoms with Crippen LogP contribution in [0.2, 0.25) is 0 Å². The van der Waals surface area contributed by atoms with Crippen molar-refractivity contribution in [2.75, 3.05) is 0 Å². The Labute approximate surface area is 101 Å². The van der Waals surface area contributed by atoms with Crippen LogP contribution in [0.3, 0.4) is 0 Å². The van der Waals surface area contributed by atoms with E-state index in [0.717, 1.165) is 24.2 Å². The van der Waals surface area contributed by atoms with Crippen molar-refractivity contribution in [1.29, 1.82) is 0 Å². The number of nitrogens with zero attached hydrogens (tertiary/aromatic N) is 2. The summed E-state index contributed by atoms with van der Waals surface area (Å²) in [5.41, 5.74) is 1.93. The molecule has 88 valence electrons. The van der Waals surface area contributed by atoms with Gasteiger partial charge in [0.15, 0.2) is 0 Å². The molecule has 0 saturated heterocycles. The summed E-state index contributed by atoms with van der Waals surface area (Å²) in [7, 11) is 0. The largest absolute Gasteiger partial charge is 0.386 e. The lowest BCUT2D eigenvalue weighted by atomic mass is 9.99. The first-order valence-corrected chi connectivity index (χ1v) is 5.98. The Kier molecular flexibility index (Phi) is 2.30. The Hall–Kier alpha value is -1.61. The first kappa shape index (κ1) is 10.5. The minimum absolute atomic E-state index is 0.0482. The Bertz CT molecular complexity index is 514. The Morgan fingerprint density at radius 1 is 1.24 bits per heavy atom. The second-order valence-corrected chi connectivity index (χ2v) is 5.06. The van der Waals surface area contributed by atoms with Crippen molar-refractivity contribution in [3.63, 3.8) is 0 Å². The van der Waals surface area contributed by atoms with Gasteiger partial charge < -0.3 is 5.11 Å². The maximum Gasteiger partial charge on any atom is 0.101 e. The molecule has 1 unspecified atom stereocenters. The number of rotatable bonds is 3. The number of hydrogen-bond donors (Lipinski definition) is 1. The summed E-state index contributed by atoms with van der Waals surface area (Å²) in [5, 5.41) is 14.7. The quantitative estimate of drug-likeness (QED) is 0.877. The van der Waals surface area contributed by atoms with E-state index in [4.69, 9.17) is 0 Å². The summed E-state index contributed by atoms with van der Waals surface area (Å²) in [6.45, 7) is 2.12. The first-order valence-electron chi connectivity index (χ1n) is 5.98. The van der Waals surface area contributed by atoms with Crippen LogP contribution in [0, 0.1) is 5.41 Å². The second-order valence-electron chi connectivity index (χ2n) is 5.06. The fourth-order valence-corrected chi connectivity index (χ4v) is 2.13. The van der Waals surface area contributed by atoms with Gasteiger partial charge in [-0.3, -0.25) is 0 Å². The molecule has 0 aliphatic heterocycles. The van der Waals surface area contributed by atoms with Crippen LogP contribution in [-0.4, -0.2) is 14.9 Å². The van der Waals surface area contributed by atoms with Gasteiger partial charge in [0.2, 0.25) is 0 Å². The molecule has 0 radical (unpaired) electrons. The van der Waals surface area contributed by atoms with Crippen LogP contribution >= 0.6 is 0 Å². The zero-order chi connectivity index (χ0) is 11.9. The molecule has 3 nitrogen and oxygen atoms in total. The van der Waals surface area contributed by atoms with Crippen molar-refractivity contribution in [2.24, 2.45) is 5.41 Å². The van der Waals surface area contributed by atoms with Crippen LogP contribution in [-0.2, 0) is 0 Å². The van der Waals surface area contributed by atoms with Crippen molar-refractivity contribution in [1.82, 2.24) is 9.78 Å². The molecule has 1 aliphatic rings. The smallest absolute Gasteiger partial charge is 0.101 e. The van der Waals surface area contributed by atoms with E-state index in [-0.39, 0.29) is 5.41 Å². The van der Waals surface area contributed by atoms with E-state index in [1.54, 1.807) is 6.20 Å². The lowest BCUT2D eigenvalue weighted by Gasteiger charge is -2.18. The SMILES string of the molecule is CC1(C(O)c2ccnn2-c2ccccc2)CC1. The van der Waals surface area contributed by atoms with Crippen LogP contribution in [0.1, 0.15) is 31.6 Å². The van der Waals surface area contributed by atoms with Gasteiger partial charge in [0.05, 0.1) is 11.4 Å². The third kappa shape index (κ3) is 1.76. The van der Waals surface area contributed by atoms with Crippen LogP contribution in [0.5, 0.6) is 0 Å². The zero-order valence-electron chi connectivity index (χ0n) is 9.87. The molecule has 1 N–H and O–H groups in total. The van der Waals surface area contributed by atoms with Gasteiger partial charge in [-0.25, -0.2) is 4.68 Å². The van der Waals surface area contributed by atoms with Crippen LogP contribution < -0.4 is 0 Å². The summed E-state index contributed by atoms with van der Waals surface area (Å²) in [5.74, 6) is 0. The van der Waals surface area contributed by atoms with Gasteiger partial charge >= 0.3 is 0 Å². The van der Waals surface area contributed by atoms with Crippen molar-refractivity contribution < 1.29 is 5.11 Å². The van der Waals surface area contributed by atoms with Crippen LogP contribution in [0.25, 0.3) is 5.69 Å². The highest BCUT2D eigenvalue weighted by Crippen LogP contribution is 2.54. The van der Waals surface area contributed by atoms with Gasteiger partial charge in [0, 0.05) is 6.20 Å². The fraction of sp³-hybridized carbons (Fsp3) is 0.357. The van der Waals surface area contributed by atoms with E-state index in [1.807, 2.05) is 41.1 Å². The third-order valence-corrected chi connectivity index (χ3v) is 3.65. The molecule has 17 heavy (non-hydrogen) atoms. The monoisotopic (exact) mass is 228 g/mol. The normalized spacial score (nSPS) is 18.9. The molecule has 2 aromatic rings. The molecule has 1 aromatic heterocycles. The minimum atomic E-state index is -0.426. The topological polar surface area (TPSA) is 38.1 Å². The second kappa shape index (κ2) is 3.70. The molecule has 1 saturated carbocycles. The Balaban J connectivity index is 2.00. The van der Waals surface area contributed by atoms with Crippen LogP contribution in [0.15, 0.2) is 42.6 Å². The predicted octanol–water partition coefficient (Wildman–Crippen LogP) is 2.71. The third-order valence-electron chi connectivity index (χ3n) is 3.65. The molecule has 0 spiro atoms. The van der Waals surface area contributed by atoms with Gasteiger partial charge in [-0.15, -0.1) is 0 Å². The van der Waals surface area contributed by atoms with Gasteiger partial charge in [0.1, 0.15) is 6.10 Å². The van der Waals surface area contributed by atoms with Crippen molar-refractivity contribution in [3.8, 4) is 5.69 Å². The molecule has 1 atom stereocenters. The van der Waals surface area contributed by atoms with Gasteiger partial charge in [-0.05, 0) is 36.5 Å².